The fraction of sp³-hybridized carbons (Fsp3) is 0. The van der Waals surface area contributed by atoms with Crippen molar-refractivity contribution in [3.63, 3.8) is 0 Å². The van der Waals surface area contributed by atoms with Gasteiger partial charge in [0.1, 0.15) is 0 Å². The molecule has 102 valence electrons. The van der Waals surface area contributed by atoms with Crippen LogP contribution in [0.1, 0.15) is 0 Å². The van der Waals surface area contributed by atoms with E-state index in [9.17, 15) is 4.79 Å². The third-order valence-corrected chi connectivity index (χ3v) is 3.24. The van der Waals surface area contributed by atoms with Crippen LogP contribution < -0.4 is 10.4 Å². The number of hydrogen-bond acceptors (Lipinski definition) is 2. The van der Waals surface area contributed by atoms with Crippen LogP contribution in [-0.2, 0) is 9.53 Å². The van der Waals surface area contributed by atoms with Crippen LogP contribution in [0, 0.1) is 0 Å². The first-order valence-electron chi connectivity index (χ1n) is 6.72. The molecule has 3 rings (SSSR count). The molecule has 2 aliphatic rings. The summed E-state index contributed by atoms with van der Waals surface area (Å²) in [4.78, 5) is 11.0. The number of ether oxygens (including phenoxy) is 1. The Morgan fingerprint density at radius 3 is 2.10 bits per heavy atom. The van der Waals surface area contributed by atoms with Crippen LogP contribution in [0.25, 0.3) is 11.6 Å². The highest BCUT2D eigenvalue weighted by Gasteiger charge is 1.96. The molecule has 1 aliphatic carbocycles. The van der Waals surface area contributed by atoms with E-state index >= 15 is 0 Å². The first-order valence-corrected chi connectivity index (χ1v) is 6.72. The molecule has 0 spiro atoms. The van der Waals surface area contributed by atoms with Gasteiger partial charge in [-0.25, -0.2) is 0 Å². The Kier molecular flexibility index (Phi) is 3.79. The average molecular weight is 274 g/mol. The molecule has 0 N–H and O–H groups in total. The van der Waals surface area contributed by atoms with Gasteiger partial charge in [0.25, 0.3) is 0 Å². The maximum absolute atomic E-state index is 11.0. The van der Waals surface area contributed by atoms with E-state index in [4.69, 9.17) is 4.74 Å². The quantitative estimate of drug-likeness (QED) is 0.785. The first-order chi connectivity index (χ1) is 10.3. The predicted octanol–water partition coefficient (Wildman–Crippen LogP) is 2.30. The van der Waals surface area contributed by atoms with Crippen molar-refractivity contribution in [2.45, 2.75) is 0 Å². The van der Waals surface area contributed by atoms with Crippen LogP contribution in [0.5, 0.6) is 0 Å². The van der Waals surface area contributed by atoms with Crippen LogP contribution in [0.2, 0.25) is 0 Å². The Morgan fingerprint density at radius 1 is 0.762 bits per heavy atom. The molecule has 0 unspecified atom stereocenters. The molecule has 0 aromatic heterocycles. The van der Waals surface area contributed by atoms with Crippen LogP contribution in [0.4, 0.5) is 0 Å². The van der Waals surface area contributed by atoms with Crippen molar-refractivity contribution in [3.05, 3.63) is 95.3 Å². The van der Waals surface area contributed by atoms with Crippen LogP contribution in [0.15, 0.2) is 84.9 Å². The largest absolute Gasteiger partial charge is 0.473 e. The lowest BCUT2D eigenvalue weighted by Crippen LogP contribution is -2.09. The zero-order chi connectivity index (χ0) is 14.5. The highest BCUT2D eigenvalue weighted by molar-refractivity contribution is 6.01. The SMILES string of the molecule is O=C1C=CC(=CC=c2ccc(=C3C=COC=C3)cc2)C=C1. The molecule has 1 aromatic carbocycles. The maximum Gasteiger partial charge on any atom is 0.178 e. The maximum atomic E-state index is 11.0. The van der Waals surface area contributed by atoms with Crippen molar-refractivity contribution >= 4 is 17.4 Å². The van der Waals surface area contributed by atoms with Crippen molar-refractivity contribution in [2.75, 3.05) is 0 Å². The summed E-state index contributed by atoms with van der Waals surface area (Å²) >= 11 is 0. The van der Waals surface area contributed by atoms with Crippen molar-refractivity contribution in [3.8, 4) is 0 Å². The van der Waals surface area contributed by atoms with E-state index in [-0.39, 0.29) is 5.78 Å². The minimum absolute atomic E-state index is 0.0334. The van der Waals surface area contributed by atoms with Gasteiger partial charge in [0.15, 0.2) is 5.78 Å². The van der Waals surface area contributed by atoms with Gasteiger partial charge in [-0.3, -0.25) is 4.79 Å². The molecular formula is C19H14O2. The van der Waals surface area contributed by atoms with E-state index in [0.717, 1.165) is 21.6 Å². The third-order valence-electron chi connectivity index (χ3n) is 3.24. The first kappa shape index (κ1) is 13.1. The molecule has 0 atom stereocenters. The van der Waals surface area contributed by atoms with Crippen molar-refractivity contribution < 1.29 is 9.53 Å². The highest BCUT2D eigenvalue weighted by Crippen LogP contribution is 2.06. The number of benzene rings is 1. The Bertz CT molecular complexity index is 775. The van der Waals surface area contributed by atoms with E-state index < -0.39 is 0 Å². The van der Waals surface area contributed by atoms with E-state index in [1.807, 2.05) is 36.5 Å². The number of carbonyl (C=O) groups is 1. The zero-order valence-corrected chi connectivity index (χ0v) is 11.4. The summed E-state index contributed by atoms with van der Waals surface area (Å²) in [7, 11) is 0. The Balaban J connectivity index is 1.88. The van der Waals surface area contributed by atoms with Gasteiger partial charge in [-0.05, 0) is 45.9 Å². The summed E-state index contributed by atoms with van der Waals surface area (Å²) in [6.07, 6.45) is 18.0. The normalized spacial score (nSPS) is 16.1. The summed E-state index contributed by atoms with van der Waals surface area (Å²) in [5.74, 6) is 0.0334. The van der Waals surface area contributed by atoms with Gasteiger partial charge in [0.05, 0.1) is 12.5 Å². The third kappa shape index (κ3) is 3.37. The number of hydrogen-bond donors (Lipinski definition) is 0. The van der Waals surface area contributed by atoms with Gasteiger partial charge in [0.2, 0.25) is 0 Å². The fourth-order valence-corrected chi connectivity index (χ4v) is 2.08. The van der Waals surface area contributed by atoms with E-state index in [1.54, 1.807) is 24.7 Å². The van der Waals surface area contributed by atoms with Gasteiger partial charge >= 0.3 is 0 Å². The standard InChI is InChI=1S/C19H14O2/c20-19-9-5-16(6-10-19)2-1-15-3-7-17(8-4-15)18-11-13-21-14-12-18/h1-14H. The van der Waals surface area contributed by atoms with Crippen LogP contribution in [-0.4, -0.2) is 5.78 Å². The van der Waals surface area contributed by atoms with Crippen molar-refractivity contribution in [1.29, 1.82) is 0 Å². The lowest BCUT2D eigenvalue weighted by Gasteiger charge is -2.00. The predicted molar refractivity (Wildman–Crippen MR) is 84.3 cm³/mol. The number of ketones is 1. The number of carbonyl (C=O) groups excluding carboxylic acids is 1. The van der Waals surface area contributed by atoms with E-state index in [0.29, 0.717) is 0 Å². The Morgan fingerprint density at radius 2 is 1.43 bits per heavy atom. The van der Waals surface area contributed by atoms with E-state index in [1.165, 1.54) is 0 Å². The zero-order valence-electron chi connectivity index (χ0n) is 11.4. The Hall–Kier alpha value is -2.87. The molecule has 0 saturated heterocycles. The lowest BCUT2D eigenvalue weighted by molar-refractivity contribution is -0.110. The molecule has 0 amide bonds. The summed E-state index contributed by atoms with van der Waals surface area (Å²) in [6, 6.07) is 8.29. The second-order valence-corrected chi connectivity index (χ2v) is 4.72. The molecule has 0 radical (unpaired) electrons. The van der Waals surface area contributed by atoms with Crippen LogP contribution >= 0.6 is 0 Å². The molecule has 2 nitrogen and oxygen atoms in total. The van der Waals surface area contributed by atoms with Crippen molar-refractivity contribution in [2.24, 2.45) is 0 Å². The van der Waals surface area contributed by atoms with Crippen molar-refractivity contribution in [1.82, 2.24) is 0 Å². The molecule has 1 aromatic rings. The number of allylic oxidation sites excluding steroid dienone is 8. The molecule has 0 saturated carbocycles. The molecule has 1 heterocycles. The van der Waals surface area contributed by atoms with E-state index in [2.05, 4.69) is 24.3 Å². The monoisotopic (exact) mass is 274 g/mol. The molecule has 0 bridgehead atoms. The second-order valence-electron chi connectivity index (χ2n) is 4.72. The van der Waals surface area contributed by atoms with Gasteiger partial charge < -0.3 is 4.74 Å². The molecule has 2 heteroatoms. The minimum Gasteiger partial charge on any atom is -0.473 e. The van der Waals surface area contributed by atoms with Gasteiger partial charge in [0, 0.05) is 0 Å². The molecule has 0 fully saturated rings. The molecule has 1 aliphatic heterocycles. The number of rotatable bonds is 1. The molecule has 21 heavy (non-hydrogen) atoms. The summed E-state index contributed by atoms with van der Waals surface area (Å²) in [5.41, 5.74) is 2.14. The topological polar surface area (TPSA) is 26.3 Å². The second kappa shape index (κ2) is 6.06. The molecular weight excluding hydrogens is 260 g/mol. The highest BCUT2D eigenvalue weighted by atomic mass is 16.5. The smallest absolute Gasteiger partial charge is 0.178 e. The van der Waals surface area contributed by atoms with Crippen LogP contribution in [0.3, 0.4) is 0 Å². The average Bonchev–Trinajstić information content (AvgIpc) is 2.56. The van der Waals surface area contributed by atoms with Gasteiger partial charge in [-0.15, -0.1) is 0 Å². The fourth-order valence-electron chi connectivity index (χ4n) is 2.08. The Labute approximate surface area is 123 Å². The lowest BCUT2D eigenvalue weighted by atomic mass is 10.1. The van der Waals surface area contributed by atoms with Gasteiger partial charge in [-0.1, -0.05) is 48.6 Å². The van der Waals surface area contributed by atoms with Gasteiger partial charge in [-0.2, -0.15) is 0 Å². The summed E-state index contributed by atoms with van der Waals surface area (Å²) < 4.78 is 5.03. The minimum atomic E-state index is 0.0334. The summed E-state index contributed by atoms with van der Waals surface area (Å²) in [6.45, 7) is 0. The summed E-state index contributed by atoms with van der Waals surface area (Å²) in [5, 5.41) is 2.27.